The zero-order chi connectivity index (χ0) is 10.4. The normalized spacial score (nSPS) is 18.9. The second-order valence-electron chi connectivity index (χ2n) is 4.29. The minimum atomic E-state index is 0.248. The van der Waals surface area contributed by atoms with Crippen LogP contribution in [-0.4, -0.2) is 49.3 Å². The number of aliphatic hydroxyl groups is 1. The molecular weight excluding hydrogens is 176 g/mol. The molecule has 0 aromatic carbocycles. The molecule has 0 spiro atoms. The van der Waals surface area contributed by atoms with Gasteiger partial charge in [-0.2, -0.15) is 0 Å². The lowest BCUT2D eigenvalue weighted by molar-refractivity contribution is 0.210. The van der Waals surface area contributed by atoms with Gasteiger partial charge in [-0.15, -0.1) is 0 Å². The van der Waals surface area contributed by atoms with Gasteiger partial charge in [-0.05, 0) is 45.3 Å². The minimum absolute atomic E-state index is 0.248. The van der Waals surface area contributed by atoms with Crippen LogP contribution in [0, 0.1) is 5.92 Å². The van der Waals surface area contributed by atoms with Gasteiger partial charge in [-0.1, -0.05) is 6.92 Å². The molecule has 84 valence electrons. The van der Waals surface area contributed by atoms with E-state index < -0.39 is 0 Å². The van der Waals surface area contributed by atoms with Crippen LogP contribution in [0.3, 0.4) is 0 Å². The SMILES string of the molecule is CCN(CCC(CO)NC)CC1CC1. The van der Waals surface area contributed by atoms with Crippen LogP contribution in [0.2, 0.25) is 0 Å². The van der Waals surface area contributed by atoms with E-state index in [0.717, 1.165) is 25.4 Å². The number of likely N-dealkylation sites (N-methyl/N-ethyl adjacent to an activating group) is 1. The maximum atomic E-state index is 9.02. The third kappa shape index (κ3) is 4.40. The van der Waals surface area contributed by atoms with Crippen LogP contribution in [0.4, 0.5) is 0 Å². The molecule has 1 atom stereocenters. The lowest BCUT2D eigenvalue weighted by atomic mass is 10.2. The molecule has 1 fully saturated rings. The fraction of sp³-hybridized carbons (Fsp3) is 1.00. The lowest BCUT2D eigenvalue weighted by Crippen LogP contribution is -2.35. The van der Waals surface area contributed by atoms with Gasteiger partial charge in [0, 0.05) is 12.6 Å². The number of aliphatic hydroxyl groups excluding tert-OH is 1. The third-order valence-corrected chi connectivity index (χ3v) is 3.08. The highest BCUT2D eigenvalue weighted by atomic mass is 16.3. The lowest BCUT2D eigenvalue weighted by Gasteiger charge is -2.22. The van der Waals surface area contributed by atoms with E-state index in [2.05, 4.69) is 17.1 Å². The zero-order valence-electron chi connectivity index (χ0n) is 9.50. The van der Waals surface area contributed by atoms with Crippen molar-refractivity contribution in [3.63, 3.8) is 0 Å². The van der Waals surface area contributed by atoms with Crippen molar-refractivity contribution in [2.45, 2.75) is 32.2 Å². The highest BCUT2D eigenvalue weighted by molar-refractivity contribution is 4.77. The van der Waals surface area contributed by atoms with E-state index in [1.54, 1.807) is 0 Å². The minimum Gasteiger partial charge on any atom is -0.395 e. The van der Waals surface area contributed by atoms with Gasteiger partial charge in [-0.3, -0.25) is 0 Å². The molecule has 3 nitrogen and oxygen atoms in total. The number of hydrogen-bond acceptors (Lipinski definition) is 3. The molecule has 0 aliphatic heterocycles. The molecule has 14 heavy (non-hydrogen) atoms. The van der Waals surface area contributed by atoms with E-state index in [1.165, 1.54) is 19.4 Å². The van der Waals surface area contributed by atoms with Crippen LogP contribution in [0.25, 0.3) is 0 Å². The summed E-state index contributed by atoms with van der Waals surface area (Å²) in [4.78, 5) is 2.50. The third-order valence-electron chi connectivity index (χ3n) is 3.08. The number of nitrogens with one attached hydrogen (secondary N) is 1. The highest BCUT2D eigenvalue weighted by Crippen LogP contribution is 2.29. The van der Waals surface area contributed by atoms with Gasteiger partial charge < -0.3 is 15.3 Å². The molecule has 1 aliphatic carbocycles. The van der Waals surface area contributed by atoms with E-state index in [-0.39, 0.29) is 12.6 Å². The monoisotopic (exact) mass is 200 g/mol. The smallest absolute Gasteiger partial charge is 0.0585 e. The Hall–Kier alpha value is -0.120. The fourth-order valence-corrected chi connectivity index (χ4v) is 1.71. The fourth-order valence-electron chi connectivity index (χ4n) is 1.71. The van der Waals surface area contributed by atoms with Crippen LogP contribution >= 0.6 is 0 Å². The predicted molar refractivity (Wildman–Crippen MR) is 59.4 cm³/mol. The summed E-state index contributed by atoms with van der Waals surface area (Å²) in [6.07, 6.45) is 3.89. The Morgan fingerprint density at radius 1 is 1.50 bits per heavy atom. The molecule has 1 rings (SSSR count). The first-order valence-electron chi connectivity index (χ1n) is 5.80. The van der Waals surface area contributed by atoms with E-state index in [0.29, 0.717) is 0 Å². The summed E-state index contributed by atoms with van der Waals surface area (Å²) in [5, 5.41) is 12.1. The predicted octanol–water partition coefficient (Wildman–Crippen LogP) is 0.689. The maximum Gasteiger partial charge on any atom is 0.0585 e. The molecule has 0 heterocycles. The van der Waals surface area contributed by atoms with Gasteiger partial charge in [0.15, 0.2) is 0 Å². The van der Waals surface area contributed by atoms with Crippen molar-refractivity contribution < 1.29 is 5.11 Å². The van der Waals surface area contributed by atoms with Gasteiger partial charge in [0.1, 0.15) is 0 Å². The average molecular weight is 200 g/mol. The van der Waals surface area contributed by atoms with Crippen LogP contribution in [-0.2, 0) is 0 Å². The van der Waals surface area contributed by atoms with Crippen LogP contribution in [0.5, 0.6) is 0 Å². The number of hydrogen-bond donors (Lipinski definition) is 2. The van der Waals surface area contributed by atoms with E-state index in [4.69, 9.17) is 5.11 Å². The van der Waals surface area contributed by atoms with E-state index in [1.807, 2.05) is 7.05 Å². The number of nitrogens with zero attached hydrogens (tertiary/aromatic N) is 1. The van der Waals surface area contributed by atoms with Crippen molar-refractivity contribution in [2.75, 3.05) is 33.3 Å². The van der Waals surface area contributed by atoms with Gasteiger partial charge in [0.2, 0.25) is 0 Å². The largest absolute Gasteiger partial charge is 0.395 e. The van der Waals surface area contributed by atoms with Crippen molar-refractivity contribution in [3.05, 3.63) is 0 Å². The van der Waals surface area contributed by atoms with E-state index >= 15 is 0 Å². The molecule has 1 unspecified atom stereocenters. The summed E-state index contributed by atoms with van der Waals surface area (Å²) in [7, 11) is 1.91. The zero-order valence-corrected chi connectivity index (χ0v) is 9.50. The van der Waals surface area contributed by atoms with Gasteiger partial charge >= 0.3 is 0 Å². The van der Waals surface area contributed by atoms with Crippen molar-refractivity contribution in [1.29, 1.82) is 0 Å². The molecule has 0 saturated heterocycles. The summed E-state index contributed by atoms with van der Waals surface area (Å²) < 4.78 is 0. The summed E-state index contributed by atoms with van der Waals surface area (Å²) in [5.74, 6) is 0.970. The Morgan fingerprint density at radius 2 is 2.21 bits per heavy atom. The molecule has 0 amide bonds. The number of rotatable bonds is 8. The average Bonchev–Trinajstić information content (AvgIpc) is 3.01. The molecule has 0 aromatic rings. The molecule has 2 N–H and O–H groups in total. The second-order valence-corrected chi connectivity index (χ2v) is 4.29. The Balaban J connectivity index is 2.11. The standard InChI is InChI=1S/C11H24N2O/c1-3-13(8-10-4-5-10)7-6-11(9-14)12-2/h10-12,14H,3-9H2,1-2H3. The van der Waals surface area contributed by atoms with Crippen molar-refractivity contribution in [1.82, 2.24) is 10.2 Å². The molecule has 0 radical (unpaired) electrons. The van der Waals surface area contributed by atoms with E-state index in [9.17, 15) is 0 Å². The molecular formula is C11H24N2O. The maximum absolute atomic E-state index is 9.02. The van der Waals surface area contributed by atoms with Crippen molar-refractivity contribution in [2.24, 2.45) is 5.92 Å². The summed E-state index contributed by atoms with van der Waals surface area (Å²) in [5.41, 5.74) is 0. The van der Waals surface area contributed by atoms with Crippen molar-refractivity contribution >= 4 is 0 Å². The first-order valence-corrected chi connectivity index (χ1v) is 5.80. The Labute approximate surface area is 87.5 Å². The van der Waals surface area contributed by atoms with Crippen LogP contribution in [0.15, 0.2) is 0 Å². The molecule has 3 heteroatoms. The van der Waals surface area contributed by atoms with Crippen LogP contribution in [0.1, 0.15) is 26.2 Å². The summed E-state index contributed by atoms with van der Waals surface area (Å²) in [6, 6.07) is 0.267. The summed E-state index contributed by atoms with van der Waals surface area (Å²) in [6.45, 7) is 5.98. The highest BCUT2D eigenvalue weighted by Gasteiger charge is 2.23. The van der Waals surface area contributed by atoms with Gasteiger partial charge in [0.05, 0.1) is 6.61 Å². The Kier molecular flexibility index (Phi) is 5.45. The second kappa shape index (κ2) is 6.38. The molecule has 0 bridgehead atoms. The van der Waals surface area contributed by atoms with Crippen molar-refractivity contribution in [3.8, 4) is 0 Å². The Bertz CT molecular complexity index is 144. The molecule has 0 aromatic heterocycles. The molecule has 1 saturated carbocycles. The van der Waals surface area contributed by atoms with Gasteiger partial charge in [-0.25, -0.2) is 0 Å². The quantitative estimate of drug-likeness (QED) is 0.605. The topological polar surface area (TPSA) is 35.5 Å². The van der Waals surface area contributed by atoms with Gasteiger partial charge in [0.25, 0.3) is 0 Å². The first kappa shape index (κ1) is 12.0. The molecule has 1 aliphatic rings. The van der Waals surface area contributed by atoms with Crippen LogP contribution < -0.4 is 5.32 Å². The first-order chi connectivity index (χ1) is 6.80. The summed E-state index contributed by atoms with van der Waals surface area (Å²) >= 11 is 0. The Morgan fingerprint density at radius 3 is 2.64 bits per heavy atom.